The fourth-order valence-electron chi connectivity index (χ4n) is 1.59. The van der Waals surface area contributed by atoms with Crippen molar-refractivity contribution in [1.29, 1.82) is 5.26 Å². The number of carbonyl (C=O) groups excluding carboxylic acids is 2. The summed E-state index contributed by atoms with van der Waals surface area (Å²) in [5.74, 6) is -1.64. The van der Waals surface area contributed by atoms with Crippen molar-refractivity contribution in [3.63, 3.8) is 0 Å². The first-order chi connectivity index (χ1) is 9.63. The van der Waals surface area contributed by atoms with Crippen molar-refractivity contribution in [3.05, 3.63) is 35.9 Å². The Morgan fingerprint density at radius 3 is 2.50 bits per heavy atom. The summed E-state index contributed by atoms with van der Waals surface area (Å²) < 4.78 is 0. The highest BCUT2D eigenvalue weighted by molar-refractivity contribution is 6.35. The van der Waals surface area contributed by atoms with Crippen LogP contribution in [0, 0.1) is 17.2 Å². The first-order valence-electron chi connectivity index (χ1n) is 6.63. The average Bonchev–Trinajstić information content (AvgIpc) is 2.49. The molecule has 2 N–H and O–H groups in total. The molecule has 1 aromatic carbocycles. The first-order valence-corrected chi connectivity index (χ1v) is 6.63. The summed E-state index contributed by atoms with van der Waals surface area (Å²) in [4.78, 5) is 22.8. The zero-order chi connectivity index (χ0) is 14.8. The smallest absolute Gasteiger partial charge is 0.309 e. The van der Waals surface area contributed by atoms with Gasteiger partial charge in [0, 0.05) is 13.1 Å². The fourth-order valence-corrected chi connectivity index (χ4v) is 1.59. The van der Waals surface area contributed by atoms with Crippen LogP contribution in [0.2, 0.25) is 0 Å². The maximum absolute atomic E-state index is 11.4. The summed E-state index contributed by atoms with van der Waals surface area (Å²) >= 11 is 0. The molecule has 0 heterocycles. The molecule has 1 rings (SSSR count). The molecule has 0 spiro atoms. The number of nitriles is 1. The number of hydrogen-bond donors (Lipinski definition) is 2. The number of amides is 2. The summed E-state index contributed by atoms with van der Waals surface area (Å²) in [5.41, 5.74) is 1.20. The van der Waals surface area contributed by atoms with Gasteiger partial charge in [-0.25, -0.2) is 0 Å². The SMILES string of the molecule is C[C@@H](C#N)CNC(=O)C(=O)NCCCc1ccccc1. The molecule has 0 aliphatic carbocycles. The van der Waals surface area contributed by atoms with Crippen molar-refractivity contribution >= 4 is 11.8 Å². The van der Waals surface area contributed by atoms with Gasteiger partial charge in [0.25, 0.3) is 0 Å². The molecule has 0 aliphatic heterocycles. The van der Waals surface area contributed by atoms with E-state index in [1.165, 1.54) is 5.56 Å². The molecule has 5 heteroatoms. The van der Waals surface area contributed by atoms with Crippen LogP contribution in [0.5, 0.6) is 0 Å². The lowest BCUT2D eigenvalue weighted by Gasteiger charge is -2.07. The molecular formula is C15H19N3O2. The summed E-state index contributed by atoms with van der Waals surface area (Å²) in [6.45, 7) is 2.32. The number of rotatable bonds is 6. The van der Waals surface area contributed by atoms with Crippen LogP contribution in [-0.2, 0) is 16.0 Å². The molecule has 0 saturated carbocycles. The summed E-state index contributed by atoms with van der Waals surface area (Å²) in [5, 5.41) is 13.5. The van der Waals surface area contributed by atoms with Crippen molar-refractivity contribution in [1.82, 2.24) is 10.6 Å². The molecule has 0 aliphatic rings. The Morgan fingerprint density at radius 1 is 1.20 bits per heavy atom. The number of nitrogens with one attached hydrogen (secondary N) is 2. The van der Waals surface area contributed by atoms with Crippen LogP contribution in [0.25, 0.3) is 0 Å². The van der Waals surface area contributed by atoms with Crippen LogP contribution in [0.1, 0.15) is 18.9 Å². The normalized spacial score (nSPS) is 11.2. The van der Waals surface area contributed by atoms with Crippen molar-refractivity contribution in [3.8, 4) is 6.07 Å². The van der Waals surface area contributed by atoms with E-state index in [9.17, 15) is 9.59 Å². The largest absolute Gasteiger partial charge is 0.348 e. The quantitative estimate of drug-likeness (QED) is 0.599. The van der Waals surface area contributed by atoms with Gasteiger partial charge in [-0.15, -0.1) is 0 Å². The zero-order valence-corrected chi connectivity index (χ0v) is 11.6. The van der Waals surface area contributed by atoms with E-state index >= 15 is 0 Å². The highest BCUT2D eigenvalue weighted by atomic mass is 16.2. The van der Waals surface area contributed by atoms with Crippen molar-refractivity contribution in [2.24, 2.45) is 5.92 Å². The fraction of sp³-hybridized carbons (Fsp3) is 0.400. The van der Waals surface area contributed by atoms with E-state index in [2.05, 4.69) is 10.6 Å². The van der Waals surface area contributed by atoms with Crippen LogP contribution in [-0.4, -0.2) is 24.9 Å². The van der Waals surface area contributed by atoms with E-state index in [0.29, 0.717) is 6.54 Å². The summed E-state index contributed by atoms with van der Waals surface area (Å²) in [7, 11) is 0. The molecule has 0 radical (unpaired) electrons. The third kappa shape index (κ3) is 6.01. The third-order valence-corrected chi connectivity index (χ3v) is 2.77. The summed E-state index contributed by atoms with van der Waals surface area (Å²) in [6.07, 6.45) is 1.63. The molecule has 0 fully saturated rings. The average molecular weight is 273 g/mol. The van der Waals surface area contributed by atoms with E-state index in [0.717, 1.165) is 12.8 Å². The van der Waals surface area contributed by atoms with E-state index < -0.39 is 11.8 Å². The van der Waals surface area contributed by atoms with Gasteiger partial charge in [-0.1, -0.05) is 30.3 Å². The Morgan fingerprint density at radius 2 is 1.85 bits per heavy atom. The van der Waals surface area contributed by atoms with Crippen molar-refractivity contribution < 1.29 is 9.59 Å². The molecule has 0 aromatic heterocycles. The van der Waals surface area contributed by atoms with Crippen molar-refractivity contribution in [2.75, 3.05) is 13.1 Å². The summed E-state index contributed by atoms with van der Waals surface area (Å²) in [6, 6.07) is 11.9. The minimum absolute atomic E-state index is 0.187. The van der Waals surface area contributed by atoms with Crippen LogP contribution in [0.3, 0.4) is 0 Å². The second kappa shape index (κ2) is 8.70. The van der Waals surface area contributed by atoms with Gasteiger partial charge in [-0.05, 0) is 25.3 Å². The monoisotopic (exact) mass is 273 g/mol. The van der Waals surface area contributed by atoms with Crippen LogP contribution >= 0.6 is 0 Å². The zero-order valence-electron chi connectivity index (χ0n) is 11.6. The Hall–Kier alpha value is -2.35. The van der Waals surface area contributed by atoms with E-state index in [1.807, 2.05) is 36.4 Å². The minimum Gasteiger partial charge on any atom is -0.348 e. The van der Waals surface area contributed by atoms with Gasteiger partial charge >= 0.3 is 11.8 Å². The molecule has 106 valence electrons. The van der Waals surface area contributed by atoms with E-state index in [4.69, 9.17) is 5.26 Å². The standard InChI is InChI=1S/C15H19N3O2/c1-12(10-16)11-18-15(20)14(19)17-9-5-8-13-6-3-2-4-7-13/h2-4,6-7,12H,5,8-9,11H2,1H3,(H,17,19)(H,18,20)/t12-/m0/s1. The van der Waals surface area contributed by atoms with Gasteiger partial charge in [0.15, 0.2) is 0 Å². The van der Waals surface area contributed by atoms with Crippen LogP contribution in [0.15, 0.2) is 30.3 Å². The van der Waals surface area contributed by atoms with Gasteiger partial charge in [0.2, 0.25) is 0 Å². The molecule has 0 saturated heterocycles. The molecule has 5 nitrogen and oxygen atoms in total. The van der Waals surface area contributed by atoms with Gasteiger partial charge < -0.3 is 10.6 Å². The van der Waals surface area contributed by atoms with Crippen LogP contribution < -0.4 is 10.6 Å². The Kier molecular flexibility index (Phi) is 6.83. The van der Waals surface area contributed by atoms with Gasteiger partial charge in [-0.3, -0.25) is 9.59 Å². The number of aryl methyl sites for hydroxylation is 1. The maximum atomic E-state index is 11.4. The molecule has 1 aromatic rings. The van der Waals surface area contributed by atoms with Crippen LogP contribution in [0.4, 0.5) is 0 Å². The molecule has 0 unspecified atom stereocenters. The lowest BCUT2D eigenvalue weighted by atomic mass is 10.1. The third-order valence-electron chi connectivity index (χ3n) is 2.77. The Balaban J connectivity index is 2.17. The molecule has 1 atom stereocenters. The molecule has 0 bridgehead atoms. The molecule has 2 amide bonds. The lowest BCUT2D eigenvalue weighted by molar-refractivity contribution is -0.139. The Bertz CT molecular complexity index is 480. The lowest BCUT2D eigenvalue weighted by Crippen LogP contribution is -2.41. The Labute approximate surface area is 119 Å². The van der Waals surface area contributed by atoms with Crippen molar-refractivity contribution in [2.45, 2.75) is 19.8 Å². The number of carbonyl (C=O) groups is 2. The van der Waals surface area contributed by atoms with Gasteiger partial charge in [0.05, 0.1) is 12.0 Å². The van der Waals surface area contributed by atoms with Gasteiger partial charge in [-0.2, -0.15) is 5.26 Å². The number of nitrogens with zero attached hydrogens (tertiary/aromatic N) is 1. The highest BCUT2D eigenvalue weighted by Gasteiger charge is 2.13. The second-order valence-corrected chi connectivity index (χ2v) is 4.59. The minimum atomic E-state index is -0.688. The highest BCUT2D eigenvalue weighted by Crippen LogP contribution is 2.01. The molecular weight excluding hydrogens is 254 g/mol. The second-order valence-electron chi connectivity index (χ2n) is 4.59. The number of hydrogen-bond acceptors (Lipinski definition) is 3. The van der Waals surface area contributed by atoms with Gasteiger partial charge in [0.1, 0.15) is 0 Å². The topological polar surface area (TPSA) is 82.0 Å². The van der Waals surface area contributed by atoms with E-state index in [-0.39, 0.29) is 12.5 Å². The predicted octanol–water partition coefficient (Wildman–Crippen LogP) is 1.01. The first kappa shape index (κ1) is 15.7. The maximum Gasteiger partial charge on any atom is 0.309 e. The predicted molar refractivity (Wildman–Crippen MR) is 75.6 cm³/mol. The number of benzene rings is 1. The molecule has 20 heavy (non-hydrogen) atoms. The van der Waals surface area contributed by atoms with E-state index in [1.54, 1.807) is 6.92 Å².